The lowest BCUT2D eigenvalue weighted by atomic mass is 10.3. The van der Waals surface area contributed by atoms with Crippen LogP contribution in [0.15, 0.2) is 0 Å². The number of ether oxygens (including phenoxy) is 2. The normalized spacial score (nSPS) is 16.0. The Morgan fingerprint density at radius 1 is 1.27 bits per heavy atom. The Kier molecular flexibility index (Phi) is 4.50. The first-order valence-electron chi connectivity index (χ1n) is 3.10. The summed E-state index contributed by atoms with van der Waals surface area (Å²) in [5, 5.41) is 0. The molecule has 0 aliphatic carbocycles. The van der Waals surface area contributed by atoms with Gasteiger partial charge in [-0.15, -0.1) is 0 Å². The smallest absolute Gasteiger partial charge is 0.418 e. The van der Waals surface area contributed by atoms with E-state index in [1.165, 1.54) is 0 Å². The summed E-state index contributed by atoms with van der Waals surface area (Å²) in [6, 6.07) is -0.962. The largest absolute Gasteiger partial charge is 0.512 e. The van der Waals surface area contributed by atoms with Crippen LogP contribution in [0.5, 0.6) is 0 Å². The highest BCUT2D eigenvalue weighted by atomic mass is 35.5. The van der Waals surface area contributed by atoms with Crippen LogP contribution < -0.4 is 0 Å². The molecule has 0 N–H and O–H groups in total. The fourth-order valence-corrected chi connectivity index (χ4v) is 0.510. The van der Waals surface area contributed by atoms with E-state index < -0.39 is 30.7 Å². The molecule has 0 fully saturated rings. The summed E-state index contributed by atoms with van der Waals surface area (Å²) in [5.74, 6) is -5.41. The Labute approximate surface area is 83.9 Å². The summed E-state index contributed by atoms with van der Waals surface area (Å²) in [6.07, 6.45) is -13.0. The second kappa shape index (κ2) is 4.77. The van der Waals surface area contributed by atoms with Gasteiger partial charge in [0.1, 0.15) is 0 Å². The van der Waals surface area contributed by atoms with E-state index in [0.29, 0.717) is 0 Å². The number of alkyl halides is 7. The molecular weight excluding hydrogens is 257 g/mol. The minimum absolute atomic E-state index is 0.962. The van der Waals surface area contributed by atoms with Crippen molar-refractivity contribution in [1.82, 2.24) is 0 Å². The summed E-state index contributed by atoms with van der Waals surface area (Å²) in [6.45, 7) is 0. The summed E-state index contributed by atoms with van der Waals surface area (Å²) < 4.78 is 77.5. The first kappa shape index (κ1) is 14.1. The minimum atomic E-state index is -6.08. The molecule has 0 saturated carbocycles. The van der Waals surface area contributed by atoms with E-state index in [0.717, 1.165) is 0 Å². The number of carbonyl (C=O) groups is 1. The third kappa shape index (κ3) is 3.33. The Balaban J connectivity index is 4.76. The number of halogens is 7. The van der Waals surface area contributed by atoms with Gasteiger partial charge in [-0.2, -0.15) is 17.6 Å². The third-order valence-electron chi connectivity index (χ3n) is 1.07. The summed E-state index contributed by atoms with van der Waals surface area (Å²) in [5.41, 5.74) is 0. The van der Waals surface area contributed by atoms with Crippen LogP contribution in [0.1, 0.15) is 0 Å². The predicted molar refractivity (Wildman–Crippen MR) is 34.2 cm³/mol. The first-order chi connectivity index (χ1) is 6.65. The molecule has 0 aliphatic heterocycles. The lowest BCUT2D eigenvalue weighted by Gasteiger charge is -2.25. The van der Waals surface area contributed by atoms with Crippen LogP contribution in [0.2, 0.25) is 0 Å². The van der Waals surface area contributed by atoms with E-state index >= 15 is 0 Å². The van der Waals surface area contributed by atoms with Gasteiger partial charge >= 0.3 is 24.6 Å². The molecule has 3 nitrogen and oxygen atoms in total. The number of carbonyl (C=O) groups excluding carboxylic acids is 1. The molecule has 0 aromatic carbocycles. The van der Waals surface area contributed by atoms with Crippen LogP contribution in [0.4, 0.5) is 31.1 Å². The molecule has 0 amide bonds. The van der Waals surface area contributed by atoms with Gasteiger partial charge in [0.25, 0.3) is 0 Å². The summed E-state index contributed by atoms with van der Waals surface area (Å²) in [4.78, 5) is 10.2. The lowest BCUT2D eigenvalue weighted by Crippen LogP contribution is -2.51. The first-order valence-corrected chi connectivity index (χ1v) is 3.64. The van der Waals surface area contributed by atoms with E-state index in [4.69, 9.17) is 11.6 Å². The van der Waals surface area contributed by atoms with Crippen LogP contribution >= 0.6 is 11.6 Å². The molecule has 0 aromatic rings. The Bertz CT molecular complexity index is 231. The second-order valence-electron chi connectivity index (χ2n) is 2.05. The van der Waals surface area contributed by atoms with Crippen molar-refractivity contribution >= 4 is 17.8 Å². The topological polar surface area (TPSA) is 35.5 Å². The van der Waals surface area contributed by atoms with Crippen molar-refractivity contribution in [2.45, 2.75) is 18.5 Å². The molecule has 15 heavy (non-hydrogen) atoms. The Morgan fingerprint density at radius 2 is 1.73 bits per heavy atom. The van der Waals surface area contributed by atoms with Crippen molar-refractivity contribution in [2.24, 2.45) is 0 Å². The van der Waals surface area contributed by atoms with E-state index in [-0.39, 0.29) is 0 Å². The van der Waals surface area contributed by atoms with Crippen LogP contribution in [0, 0.1) is 0 Å². The van der Waals surface area contributed by atoms with Crippen molar-refractivity contribution in [2.75, 3.05) is 6.07 Å². The Morgan fingerprint density at radius 3 is 2.00 bits per heavy atom. The summed E-state index contributed by atoms with van der Waals surface area (Å²) in [7, 11) is 0. The predicted octanol–water partition coefficient (Wildman–Crippen LogP) is 2.83. The van der Waals surface area contributed by atoms with Crippen molar-refractivity contribution in [1.29, 1.82) is 0 Å². The maximum Gasteiger partial charge on any atom is 0.512 e. The maximum atomic E-state index is 12.6. The van der Waals surface area contributed by atoms with Gasteiger partial charge in [0.05, 0.1) is 0 Å². The minimum Gasteiger partial charge on any atom is -0.418 e. The molecule has 1 unspecified atom stereocenters. The van der Waals surface area contributed by atoms with Crippen LogP contribution in [0.25, 0.3) is 0 Å². The van der Waals surface area contributed by atoms with Crippen molar-refractivity contribution in [3.05, 3.63) is 0 Å². The van der Waals surface area contributed by atoms with E-state index in [2.05, 4.69) is 9.47 Å². The molecule has 0 rings (SSSR count). The zero-order valence-electron chi connectivity index (χ0n) is 6.65. The maximum absolute atomic E-state index is 12.6. The van der Waals surface area contributed by atoms with Gasteiger partial charge in [-0.3, -0.25) is 0 Å². The SMILES string of the molecule is O=C(OCCl)OC(F)(C(F)F)C(F)(F)F. The second-order valence-corrected chi connectivity index (χ2v) is 2.27. The van der Waals surface area contributed by atoms with Gasteiger partial charge < -0.3 is 9.47 Å². The lowest BCUT2D eigenvalue weighted by molar-refractivity contribution is -0.353. The van der Waals surface area contributed by atoms with Crippen molar-refractivity contribution < 1.29 is 40.6 Å². The number of hydrogen-bond acceptors (Lipinski definition) is 3. The molecule has 0 radical (unpaired) electrons. The molecule has 0 heterocycles. The number of hydrogen-bond donors (Lipinski definition) is 0. The van der Waals surface area contributed by atoms with Gasteiger partial charge in [-0.1, -0.05) is 11.6 Å². The van der Waals surface area contributed by atoms with Gasteiger partial charge in [0.2, 0.25) is 0 Å². The average molecular weight is 261 g/mol. The summed E-state index contributed by atoms with van der Waals surface area (Å²) >= 11 is 4.70. The Hall–Kier alpha value is -0.860. The highest BCUT2D eigenvalue weighted by Gasteiger charge is 2.67. The molecule has 0 aliphatic rings. The van der Waals surface area contributed by atoms with E-state index in [1.807, 2.05) is 0 Å². The third-order valence-corrected chi connectivity index (χ3v) is 1.18. The zero-order chi connectivity index (χ0) is 12.3. The molecule has 90 valence electrons. The highest BCUT2D eigenvalue weighted by Crippen LogP contribution is 2.40. The van der Waals surface area contributed by atoms with Crippen molar-refractivity contribution in [3.8, 4) is 0 Å². The number of rotatable bonds is 3. The van der Waals surface area contributed by atoms with Gasteiger partial charge in [-0.05, 0) is 0 Å². The van der Waals surface area contributed by atoms with Crippen LogP contribution in [0.3, 0.4) is 0 Å². The average Bonchev–Trinajstić information content (AvgIpc) is 2.01. The molecule has 0 saturated heterocycles. The standard InChI is InChI=1S/C5H3ClF6O3/c6-1-14-3(13)15-4(9,2(7)8)5(10,11)12/h2H,1H2. The fraction of sp³-hybridized carbons (Fsp3) is 0.800. The van der Waals surface area contributed by atoms with E-state index in [1.54, 1.807) is 0 Å². The van der Waals surface area contributed by atoms with Gasteiger partial charge in [0.15, 0.2) is 6.07 Å². The molecule has 0 aromatic heterocycles. The molecule has 0 spiro atoms. The monoisotopic (exact) mass is 260 g/mol. The molecule has 1 atom stereocenters. The quantitative estimate of drug-likeness (QED) is 0.445. The van der Waals surface area contributed by atoms with E-state index in [9.17, 15) is 31.1 Å². The molecular formula is C5H3ClF6O3. The zero-order valence-corrected chi connectivity index (χ0v) is 7.41. The van der Waals surface area contributed by atoms with Gasteiger partial charge in [0, 0.05) is 0 Å². The van der Waals surface area contributed by atoms with Crippen LogP contribution in [-0.4, -0.2) is 30.7 Å². The molecule has 0 bridgehead atoms. The molecule has 10 heteroatoms. The van der Waals surface area contributed by atoms with Crippen LogP contribution in [-0.2, 0) is 9.47 Å². The van der Waals surface area contributed by atoms with Crippen molar-refractivity contribution in [3.63, 3.8) is 0 Å². The highest BCUT2D eigenvalue weighted by molar-refractivity contribution is 6.17. The van der Waals surface area contributed by atoms with Gasteiger partial charge in [-0.25, -0.2) is 13.6 Å². The fourth-order valence-electron chi connectivity index (χ4n) is 0.421.